The zero-order valence-electron chi connectivity index (χ0n) is 13.8. The fraction of sp³-hybridized carbons (Fsp3) is 0.500. The number of carbonyl (C=O) groups is 2. The van der Waals surface area contributed by atoms with Crippen molar-refractivity contribution in [2.24, 2.45) is 0 Å². The summed E-state index contributed by atoms with van der Waals surface area (Å²) in [7, 11) is 3.35. The van der Waals surface area contributed by atoms with E-state index in [1.807, 2.05) is 13.8 Å². The first kappa shape index (κ1) is 18.0. The Morgan fingerprint density at radius 3 is 2.18 bits per heavy atom. The largest absolute Gasteiger partial charge is 0.497 e. The van der Waals surface area contributed by atoms with Gasteiger partial charge in [0.05, 0.1) is 20.2 Å². The number of nitrogens with one attached hydrogen (secondary N) is 1. The molecule has 0 heterocycles. The molecule has 0 saturated heterocycles. The van der Waals surface area contributed by atoms with Crippen molar-refractivity contribution < 1.29 is 14.3 Å². The van der Waals surface area contributed by atoms with E-state index in [1.165, 1.54) is 0 Å². The van der Waals surface area contributed by atoms with Crippen molar-refractivity contribution in [3.05, 3.63) is 24.3 Å². The zero-order chi connectivity index (χ0) is 16.5. The summed E-state index contributed by atoms with van der Waals surface area (Å²) < 4.78 is 5.06. The smallest absolute Gasteiger partial charge is 0.238 e. The third-order valence-corrected chi connectivity index (χ3v) is 3.31. The second kappa shape index (κ2) is 9.04. The van der Waals surface area contributed by atoms with Gasteiger partial charge in [-0.1, -0.05) is 0 Å². The first-order valence-corrected chi connectivity index (χ1v) is 7.40. The Morgan fingerprint density at radius 1 is 1.09 bits per heavy atom. The maximum absolute atomic E-state index is 12.0. The molecule has 0 spiro atoms. The number of likely N-dealkylation sites (N-methyl/N-ethyl adjacent to an activating group) is 2. The third-order valence-electron chi connectivity index (χ3n) is 3.31. The van der Waals surface area contributed by atoms with E-state index >= 15 is 0 Å². The summed E-state index contributed by atoms with van der Waals surface area (Å²) >= 11 is 0. The summed E-state index contributed by atoms with van der Waals surface area (Å²) in [6.45, 7) is 5.65. The number of amides is 2. The maximum atomic E-state index is 12.0. The number of carbonyl (C=O) groups excluding carboxylic acids is 2. The van der Waals surface area contributed by atoms with E-state index < -0.39 is 0 Å². The van der Waals surface area contributed by atoms with Gasteiger partial charge < -0.3 is 15.0 Å². The summed E-state index contributed by atoms with van der Waals surface area (Å²) in [6.07, 6.45) is 0. The topological polar surface area (TPSA) is 61.9 Å². The van der Waals surface area contributed by atoms with Crippen LogP contribution in [0, 0.1) is 0 Å². The predicted octanol–water partition coefficient (Wildman–Crippen LogP) is 1.43. The molecule has 122 valence electrons. The van der Waals surface area contributed by atoms with Crippen LogP contribution in [0.3, 0.4) is 0 Å². The van der Waals surface area contributed by atoms with Crippen LogP contribution >= 0.6 is 0 Å². The molecule has 1 rings (SSSR count). The van der Waals surface area contributed by atoms with Gasteiger partial charge in [-0.3, -0.25) is 14.5 Å². The second-order valence-corrected chi connectivity index (χ2v) is 5.01. The minimum atomic E-state index is -0.153. The molecule has 1 aromatic carbocycles. The lowest BCUT2D eigenvalue weighted by atomic mass is 10.3. The molecule has 0 unspecified atom stereocenters. The SMILES string of the molecule is CCN(CC)C(=O)CN(C)CC(=O)Nc1ccc(OC)cc1. The van der Waals surface area contributed by atoms with Crippen molar-refractivity contribution in [3.63, 3.8) is 0 Å². The summed E-state index contributed by atoms with van der Waals surface area (Å²) in [5.41, 5.74) is 0.703. The molecule has 6 heteroatoms. The van der Waals surface area contributed by atoms with Gasteiger partial charge in [0.1, 0.15) is 5.75 Å². The predicted molar refractivity (Wildman–Crippen MR) is 87.0 cm³/mol. The Balaban J connectivity index is 2.44. The number of hydrogen-bond donors (Lipinski definition) is 1. The van der Waals surface area contributed by atoms with Gasteiger partial charge in [0.15, 0.2) is 0 Å². The summed E-state index contributed by atoms with van der Waals surface area (Å²) in [5.74, 6) is 0.615. The minimum Gasteiger partial charge on any atom is -0.497 e. The van der Waals surface area contributed by atoms with E-state index in [1.54, 1.807) is 48.2 Å². The molecule has 22 heavy (non-hydrogen) atoms. The molecule has 1 aromatic rings. The number of anilines is 1. The van der Waals surface area contributed by atoms with Crippen LogP contribution in [-0.4, -0.2) is 62.0 Å². The molecule has 2 amide bonds. The van der Waals surface area contributed by atoms with Crippen molar-refractivity contribution in [2.45, 2.75) is 13.8 Å². The minimum absolute atomic E-state index is 0.0322. The Bertz CT molecular complexity index is 484. The van der Waals surface area contributed by atoms with Gasteiger partial charge in [-0.25, -0.2) is 0 Å². The van der Waals surface area contributed by atoms with E-state index in [-0.39, 0.29) is 24.9 Å². The molecule has 0 saturated carbocycles. The number of nitrogens with zero attached hydrogens (tertiary/aromatic N) is 2. The molecule has 0 bridgehead atoms. The van der Waals surface area contributed by atoms with Crippen LogP contribution in [0.5, 0.6) is 5.75 Å². The lowest BCUT2D eigenvalue weighted by Gasteiger charge is -2.22. The molecule has 0 radical (unpaired) electrons. The van der Waals surface area contributed by atoms with Crippen LogP contribution in [-0.2, 0) is 9.59 Å². The molecular weight excluding hydrogens is 282 g/mol. The Hall–Kier alpha value is -2.08. The Morgan fingerprint density at radius 2 is 1.68 bits per heavy atom. The third kappa shape index (κ3) is 5.73. The van der Waals surface area contributed by atoms with Crippen molar-refractivity contribution in [1.82, 2.24) is 9.80 Å². The normalized spacial score (nSPS) is 10.4. The average molecular weight is 307 g/mol. The second-order valence-electron chi connectivity index (χ2n) is 5.01. The van der Waals surface area contributed by atoms with Crippen LogP contribution < -0.4 is 10.1 Å². The fourth-order valence-corrected chi connectivity index (χ4v) is 2.08. The lowest BCUT2D eigenvalue weighted by molar-refractivity contribution is -0.132. The van der Waals surface area contributed by atoms with Gasteiger partial charge >= 0.3 is 0 Å². The van der Waals surface area contributed by atoms with Crippen LogP contribution in [0.2, 0.25) is 0 Å². The standard InChI is InChI=1S/C16H25N3O3/c1-5-19(6-2)16(21)12-18(3)11-15(20)17-13-7-9-14(22-4)10-8-13/h7-10H,5-6,11-12H2,1-4H3,(H,17,20). The maximum Gasteiger partial charge on any atom is 0.238 e. The van der Waals surface area contributed by atoms with Gasteiger partial charge in [-0.05, 0) is 45.2 Å². The molecule has 0 aliphatic carbocycles. The van der Waals surface area contributed by atoms with E-state index in [4.69, 9.17) is 4.74 Å². The molecule has 0 aliphatic rings. The van der Waals surface area contributed by atoms with Crippen LogP contribution in [0.4, 0.5) is 5.69 Å². The van der Waals surface area contributed by atoms with Crippen LogP contribution in [0.15, 0.2) is 24.3 Å². The van der Waals surface area contributed by atoms with Gasteiger partial charge in [-0.2, -0.15) is 0 Å². The molecule has 0 atom stereocenters. The van der Waals surface area contributed by atoms with E-state index in [9.17, 15) is 9.59 Å². The highest BCUT2D eigenvalue weighted by atomic mass is 16.5. The van der Waals surface area contributed by atoms with Gasteiger partial charge in [0, 0.05) is 18.8 Å². The number of rotatable bonds is 8. The van der Waals surface area contributed by atoms with Crippen molar-refractivity contribution in [1.29, 1.82) is 0 Å². The molecular formula is C16H25N3O3. The average Bonchev–Trinajstić information content (AvgIpc) is 2.48. The monoisotopic (exact) mass is 307 g/mol. The quantitative estimate of drug-likeness (QED) is 0.789. The van der Waals surface area contributed by atoms with Gasteiger partial charge in [0.2, 0.25) is 11.8 Å². The first-order chi connectivity index (χ1) is 10.5. The number of methoxy groups -OCH3 is 1. The molecule has 6 nitrogen and oxygen atoms in total. The Kier molecular flexibility index (Phi) is 7.39. The molecule has 0 aromatic heterocycles. The lowest BCUT2D eigenvalue weighted by Crippen LogP contribution is -2.41. The fourth-order valence-electron chi connectivity index (χ4n) is 2.08. The first-order valence-electron chi connectivity index (χ1n) is 7.40. The zero-order valence-corrected chi connectivity index (χ0v) is 13.8. The number of hydrogen-bond acceptors (Lipinski definition) is 4. The highest BCUT2D eigenvalue weighted by Gasteiger charge is 2.14. The summed E-state index contributed by atoms with van der Waals surface area (Å²) in [5, 5.41) is 2.79. The van der Waals surface area contributed by atoms with Crippen molar-refractivity contribution in [3.8, 4) is 5.75 Å². The van der Waals surface area contributed by atoms with Gasteiger partial charge in [0.25, 0.3) is 0 Å². The van der Waals surface area contributed by atoms with Gasteiger partial charge in [-0.15, -0.1) is 0 Å². The number of ether oxygens (including phenoxy) is 1. The number of benzene rings is 1. The highest BCUT2D eigenvalue weighted by molar-refractivity contribution is 5.92. The van der Waals surface area contributed by atoms with Crippen molar-refractivity contribution in [2.75, 3.05) is 45.7 Å². The summed E-state index contributed by atoms with van der Waals surface area (Å²) in [6, 6.07) is 7.11. The Labute approximate surface area is 132 Å². The van der Waals surface area contributed by atoms with E-state index in [0.717, 1.165) is 5.75 Å². The van der Waals surface area contributed by atoms with Crippen molar-refractivity contribution >= 4 is 17.5 Å². The van der Waals surface area contributed by atoms with Crippen LogP contribution in [0.1, 0.15) is 13.8 Å². The highest BCUT2D eigenvalue weighted by Crippen LogP contribution is 2.14. The molecule has 0 aliphatic heterocycles. The van der Waals surface area contributed by atoms with Crippen LogP contribution in [0.25, 0.3) is 0 Å². The van der Waals surface area contributed by atoms with E-state index in [0.29, 0.717) is 18.8 Å². The summed E-state index contributed by atoms with van der Waals surface area (Å²) in [4.78, 5) is 27.4. The molecule has 0 fully saturated rings. The molecule has 1 N–H and O–H groups in total. The van der Waals surface area contributed by atoms with E-state index in [2.05, 4.69) is 5.32 Å².